The van der Waals surface area contributed by atoms with Crippen LogP contribution in [0.4, 0.5) is 14.5 Å². The van der Waals surface area contributed by atoms with Gasteiger partial charge in [-0.3, -0.25) is 9.59 Å². The number of Topliss-reactive ketones (excluding diaryl/α,β-unsaturated/α-hetero) is 1. The van der Waals surface area contributed by atoms with Crippen molar-refractivity contribution in [2.45, 2.75) is 6.92 Å². The van der Waals surface area contributed by atoms with Crippen LogP contribution in [0, 0.1) is 11.6 Å². The second-order valence-corrected chi connectivity index (χ2v) is 2.63. The van der Waals surface area contributed by atoms with Crippen molar-refractivity contribution in [2.75, 3.05) is 5.32 Å². The highest BCUT2D eigenvalue weighted by molar-refractivity contribution is 6.39. The van der Waals surface area contributed by atoms with Crippen LogP contribution in [0.3, 0.4) is 0 Å². The number of amides is 1. The van der Waals surface area contributed by atoms with E-state index in [1.54, 1.807) is 0 Å². The number of halogens is 2. The Morgan fingerprint density at radius 2 is 1.93 bits per heavy atom. The highest BCUT2D eigenvalue weighted by Crippen LogP contribution is 2.14. The molecular weight excluding hydrogens is 192 g/mol. The molecule has 0 spiro atoms. The molecule has 3 nitrogen and oxygen atoms in total. The summed E-state index contributed by atoms with van der Waals surface area (Å²) in [6.45, 7) is 1.05. The maximum absolute atomic E-state index is 12.9. The zero-order chi connectivity index (χ0) is 10.7. The molecule has 0 aliphatic rings. The van der Waals surface area contributed by atoms with Crippen molar-refractivity contribution in [1.29, 1.82) is 0 Å². The van der Waals surface area contributed by atoms with Gasteiger partial charge in [-0.15, -0.1) is 0 Å². The minimum Gasteiger partial charge on any atom is -0.317 e. The van der Waals surface area contributed by atoms with Gasteiger partial charge in [0.05, 0.1) is 5.69 Å². The van der Waals surface area contributed by atoms with Crippen molar-refractivity contribution < 1.29 is 18.4 Å². The second-order valence-electron chi connectivity index (χ2n) is 2.63. The Morgan fingerprint density at radius 1 is 1.29 bits per heavy atom. The first-order valence-corrected chi connectivity index (χ1v) is 3.77. The monoisotopic (exact) mass is 199 g/mol. The summed E-state index contributed by atoms with van der Waals surface area (Å²) in [5.41, 5.74) is -0.216. The summed E-state index contributed by atoms with van der Waals surface area (Å²) in [5, 5.41) is 2.01. The number of hydrogen-bond acceptors (Lipinski definition) is 2. The Labute approximate surface area is 78.7 Å². The largest absolute Gasteiger partial charge is 0.317 e. The normalized spacial score (nSPS) is 9.64. The van der Waals surface area contributed by atoms with Crippen molar-refractivity contribution in [2.24, 2.45) is 0 Å². The third-order valence-electron chi connectivity index (χ3n) is 1.50. The van der Waals surface area contributed by atoms with Crippen LogP contribution < -0.4 is 5.32 Å². The second kappa shape index (κ2) is 3.95. The lowest BCUT2D eigenvalue weighted by molar-refractivity contribution is -0.133. The van der Waals surface area contributed by atoms with Crippen LogP contribution in [0.25, 0.3) is 0 Å². The molecule has 0 saturated heterocycles. The Hall–Kier alpha value is -1.78. The third kappa shape index (κ3) is 2.35. The molecule has 5 heteroatoms. The van der Waals surface area contributed by atoms with Crippen LogP contribution >= 0.6 is 0 Å². The number of carbonyl (C=O) groups is 2. The smallest absolute Gasteiger partial charge is 0.291 e. The molecule has 1 aromatic rings. The Morgan fingerprint density at radius 3 is 2.43 bits per heavy atom. The molecule has 0 radical (unpaired) electrons. The van der Waals surface area contributed by atoms with Crippen LogP contribution in [-0.2, 0) is 9.59 Å². The molecule has 1 rings (SSSR count). The van der Waals surface area contributed by atoms with E-state index in [0.29, 0.717) is 6.07 Å². The molecule has 0 atom stereocenters. The van der Waals surface area contributed by atoms with Crippen molar-refractivity contribution >= 4 is 17.4 Å². The minimum absolute atomic E-state index is 0.216. The summed E-state index contributed by atoms with van der Waals surface area (Å²) in [5.74, 6) is -3.34. The highest BCUT2D eigenvalue weighted by atomic mass is 19.1. The highest BCUT2D eigenvalue weighted by Gasteiger charge is 2.10. The van der Waals surface area contributed by atoms with Gasteiger partial charge >= 0.3 is 0 Å². The molecule has 74 valence electrons. The molecule has 0 aliphatic heterocycles. The summed E-state index contributed by atoms with van der Waals surface area (Å²) in [7, 11) is 0. The number of nitrogens with one attached hydrogen (secondary N) is 1. The van der Waals surface area contributed by atoms with Gasteiger partial charge in [0.1, 0.15) is 11.6 Å². The van der Waals surface area contributed by atoms with Gasteiger partial charge in [0.15, 0.2) is 0 Å². The Bertz CT molecular complexity index is 390. The lowest BCUT2D eigenvalue weighted by atomic mass is 10.3. The fourth-order valence-corrected chi connectivity index (χ4v) is 0.801. The quantitative estimate of drug-likeness (QED) is 0.733. The summed E-state index contributed by atoms with van der Waals surface area (Å²) >= 11 is 0. The molecule has 0 heterocycles. The van der Waals surface area contributed by atoms with E-state index in [1.807, 2.05) is 5.32 Å². The molecule has 0 saturated carbocycles. The lowest BCUT2D eigenvalue weighted by Crippen LogP contribution is -2.20. The van der Waals surface area contributed by atoms with Crippen molar-refractivity contribution in [1.82, 2.24) is 0 Å². The van der Waals surface area contributed by atoms with Gasteiger partial charge in [0.2, 0.25) is 5.78 Å². The first-order valence-electron chi connectivity index (χ1n) is 3.77. The number of carbonyl (C=O) groups excluding carboxylic acids is 2. The molecule has 0 aromatic heterocycles. The number of rotatable bonds is 2. The molecule has 0 aliphatic carbocycles. The third-order valence-corrected chi connectivity index (χ3v) is 1.50. The fraction of sp³-hybridized carbons (Fsp3) is 0.111. The zero-order valence-electron chi connectivity index (χ0n) is 7.30. The lowest BCUT2D eigenvalue weighted by Gasteiger charge is -2.03. The van der Waals surface area contributed by atoms with Crippen molar-refractivity contribution in [3.63, 3.8) is 0 Å². The maximum atomic E-state index is 12.9. The van der Waals surface area contributed by atoms with Crippen LogP contribution in [0.5, 0.6) is 0 Å². The number of benzene rings is 1. The standard InChI is InChI=1S/C9H7F2NO2/c1-5(13)9(14)12-8-3-2-6(10)4-7(8)11/h2-4H,1H3,(H,12,14). The van der Waals surface area contributed by atoms with Gasteiger partial charge in [0.25, 0.3) is 5.91 Å². The number of anilines is 1. The first-order chi connectivity index (χ1) is 6.50. The molecule has 1 N–H and O–H groups in total. The molecule has 0 fully saturated rings. The van der Waals surface area contributed by atoms with Crippen LogP contribution in [0.15, 0.2) is 18.2 Å². The van der Waals surface area contributed by atoms with E-state index < -0.39 is 23.3 Å². The number of hydrogen-bond donors (Lipinski definition) is 1. The van der Waals surface area contributed by atoms with Crippen LogP contribution in [0.2, 0.25) is 0 Å². The van der Waals surface area contributed by atoms with Crippen LogP contribution in [0.1, 0.15) is 6.92 Å². The van der Waals surface area contributed by atoms with Gasteiger partial charge in [-0.25, -0.2) is 8.78 Å². The van der Waals surface area contributed by atoms with Crippen molar-refractivity contribution in [3.8, 4) is 0 Å². The van der Waals surface area contributed by atoms with E-state index in [9.17, 15) is 18.4 Å². The van der Waals surface area contributed by atoms with Crippen molar-refractivity contribution in [3.05, 3.63) is 29.8 Å². The fourth-order valence-electron chi connectivity index (χ4n) is 0.801. The molecule has 14 heavy (non-hydrogen) atoms. The summed E-state index contributed by atoms with van der Waals surface area (Å²) in [4.78, 5) is 21.3. The van der Waals surface area contributed by atoms with E-state index in [4.69, 9.17) is 0 Å². The van der Waals surface area contributed by atoms with Gasteiger partial charge in [-0.05, 0) is 12.1 Å². The SMILES string of the molecule is CC(=O)C(=O)Nc1ccc(F)cc1F. The molecular formula is C9H7F2NO2. The summed E-state index contributed by atoms with van der Waals surface area (Å²) < 4.78 is 25.3. The van der Waals surface area contributed by atoms with Gasteiger partial charge in [0, 0.05) is 13.0 Å². The topological polar surface area (TPSA) is 46.2 Å². The maximum Gasteiger partial charge on any atom is 0.291 e. The molecule has 1 aromatic carbocycles. The van der Waals surface area contributed by atoms with E-state index in [-0.39, 0.29) is 5.69 Å². The summed E-state index contributed by atoms with van der Waals surface area (Å²) in [6, 6.07) is 2.65. The first kappa shape index (κ1) is 10.3. The van der Waals surface area contributed by atoms with Gasteiger partial charge in [-0.1, -0.05) is 0 Å². The summed E-state index contributed by atoms with van der Waals surface area (Å²) in [6.07, 6.45) is 0. The molecule has 0 bridgehead atoms. The van der Waals surface area contributed by atoms with Gasteiger partial charge in [-0.2, -0.15) is 0 Å². The van der Waals surface area contributed by atoms with E-state index in [0.717, 1.165) is 19.1 Å². The van der Waals surface area contributed by atoms with E-state index in [2.05, 4.69) is 0 Å². The average Bonchev–Trinajstić information content (AvgIpc) is 2.09. The van der Waals surface area contributed by atoms with Gasteiger partial charge < -0.3 is 5.32 Å². The Kier molecular flexibility index (Phi) is 2.91. The predicted octanol–water partition coefficient (Wildman–Crippen LogP) is 1.49. The average molecular weight is 199 g/mol. The zero-order valence-corrected chi connectivity index (χ0v) is 7.30. The van der Waals surface area contributed by atoms with E-state index in [1.165, 1.54) is 0 Å². The number of ketones is 1. The predicted molar refractivity (Wildman–Crippen MR) is 45.7 cm³/mol. The minimum atomic E-state index is -0.935. The van der Waals surface area contributed by atoms with E-state index >= 15 is 0 Å². The van der Waals surface area contributed by atoms with Crippen LogP contribution in [-0.4, -0.2) is 11.7 Å². The Balaban J connectivity index is 2.87. The molecule has 0 unspecified atom stereocenters. The molecule has 1 amide bonds.